The molecule has 1 N–H and O–H groups in total. The lowest BCUT2D eigenvalue weighted by Gasteiger charge is -2.25. The average molecular weight is 290 g/mol. The third-order valence-corrected chi connectivity index (χ3v) is 3.54. The van der Waals surface area contributed by atoms with E-state index in [1.807, 2.05) is 24.3 Å². The number of aliphatic hydroxyl groups is 1. The van der Waals surface area contributed by atoms with Crippen molar-refractivity contribution in [3.8, 4) is 0 Å². The van der Waals surface area contributed by atoms with Crippen molar-refractivity contribution >= 4 is 0 Å². The molecule has 112 valence electrons. The van der Waals surface area contributed by atoms with Crippen molar-refractivity contribution in [2.45, 2.75) is 38.7 Å². The summed E-state index contributed by atoms with van der Waals surface area (Å²) in [5.74, 6) is -1.76. The molecular formula is C18H20F2O. The van der Waals surface area contributed by atoms with Crippen molar-refractivity contribution in [3.63, 3.8) is 0 Å². The molecule has 0 heterocycles. The van der Waals surface area contributed by atoms with Gasteiger partial charge in [0.2, 0.25) is 0 Å². The summed E-state index contributed by atoms with van der Waals surface area (Å²) in [6.45, 7) is 6.24. The van der Waals surface area contributed by atoms with Gasteiger partial charge in [-0.2, -0.15) is 0 Å². The van der Waals surface area contributed by atoms with E-state index in [-0.39, 0.29) is 11.8 Å². The summed E-state index contributed by atoms with van der Waals surface area (Å²) in [5.41, 5.74) is 2.37. The fourth-order valence-corrected chi connectivity index (χ4v) is 2.47. The molecule has 0 aliphatic heterocycles. The zero-order chi connectivity index (χ0) is 15.6. The van der Waals surface area contributed by atoms with Crippen LogP contribution in [0.3, 0.4) is 0 Å². The van der Waals surface area contributed by atoms with Crippen molar-refractivity contribution in [2.75, 3.05) is 0 Å². The van der Waals surface area contributed by atoms with Crippen LogP contribution in [0.1, 0.15) is 43.6 Å². The Hall–Kier alpha value is -1.74. The molecule has 0 amide bonds. The molecule has 0 fully saturated rings. The SMILES string of the molecule is CC(C)(C)c1ccccc1C(O)Cc1ccc(F)c(F)c1. The molecule has 1 atom stereocenters. The maximum atomic E-state index is 13.2. The molecule has 0 bridgehead atoms. The van der Waals surface area contributed by atoms with Crippen LogP contribution in [0.2, 0.25) is 0 Å². The molecule has 1 unspecified atom stereocenters. The van der Waals surface area contributed by atoms with E-state index >= 15 is 0 Å². The highest BCUT2D eigenvalue weighted by molar-refractivity contribution is 5.35. The zero-order valence-electron chi connectivity index (χ0n) is 12.5. The van der Waals surface area contributed by atoms with Crippen LogP contribution in [-0.2, 0) is 11.8 Å². The molecule has 0 saturated carbocycles. The highest BCUT2D eigenvalue weighted by Crippen LogP contribution is 2.31. The first kappa shape index (κ1) is 15.6. The van der Waals surface area contributed by atoms with E-state index in [0.717, 1.165) is 23.3 Å². The second-order valence-corrected chi connectivity index (χ2v) is 6.31. The number of benzene rings is 2. The Bertz CT molecular complexity index is 629. The molecule has 0 aliphatic carbocycles. The first-order valence-corrected chi connectivity index (χ1v) is 7.00. The topological polar surface area (TPSA) is 20.2 Å². The summed E-state index contributed by atoms with van der Waals surface area (Å²) < 4.78 is 26.2. The molecule has 2 aromatic carbocycles. The molecule has 0 radical (unpaired) electrons. The monoisotopic (exact) mass is 290 g/mol. The van der Waals surface area contributed by atoms with E-state index < -0.39 is 17.7 Å². The standard InChI is InChI=1S/C18H20F2O/c1-18(2,3)14-7-5-4-6-13(14)17(21)11-12-8-9-15(19)16(20)10-12/h4-10,17,21H,11H2,1-3H3. The number of halogens is 2. The zero-order valence-corrected chi connectivity index (χ0v) is 12.5. The number of rotatable bonds is 3. The summed E-state index contributed by atoms with van der Waals surface area (Å²) in [4.78, 5) is 0. The summed E-state index contributed by atoms with van der Waals surface area (Å²) in [6, 6.07) is 11.4. The number of hydrogen-bond acceptors (Lipinski definition) is 1. The molecular weight excluding hydrogens is 270 g/mol. The maximum absolute atomic E-state index is 13.2. The lowest BCUT2D eigenvalue weighted by molar-refractivity contribution is 0.176. The minimum Gasteiger partial charge on any atom is -0.388 e. The van der Waals surface area contributed by atoms with Gasteiger partial charge in [-0.15, -0.1) is 0 Å². The van der Waals surface area contributed by atoms with E-state index in [9.17, 15) is 13.9 Å². The van der Waals surface area contributed by atoms with Crippen molar-refractivity contribution in [3.05, 3.63) is 70.8 Å². The number of hydrogen-bond donors (Lipinski definition) is 1. The second-order valence-electron chi connectivity index (χ2n) is 6.31. The summed E-state index contributed by atoms with van der Waals surface area (Å²) in [6.07, 6.45) is -0.491. The Balaban J connectivity index is 2.28. The van der Waals surface area contributed by atoms with Gasteiger partial charge in [-0.1, -0.05) is 51.1 Å². The predicted molar refractivity (Wildman–Crippen MR) is 80.2 cm³/mol. The van der Waals surface area contributed by atoms with Crippen LogP contribution in [0.15, 0.2) is 42.5 Å². The van der Waals surface area contributed by atoms with Gasteiger partial charge in [-0.05, 0) is 34.2 Å². The lowest BCUT2D eigenvalue weighted by atomic mass is 9.81. The Morgan fingerprint density at radius 2 is 1.67 bits per heavy atom. The van der Waals surface area contributed by atoms with E-state index in [2.05, 4.69) is 20.8 Å². The molecule has 21 heavy (non-hydrogen) atoms. The van der Waals surface area contributed by atoms with Gasteiger partial charge in [-0.3, -0.25) is 0 Å². The van der Waals surface area contributed by atoms with Crippen LogP contribution in [0.25, 0.3) is 0 Å². The van der Waals surface area contributed by atoms with Crippen LogP contribution in [0.4, 0.5) is 8.78 Å². The smallest absolute Gasteiger partial charge is 0.159 e. The average Bonchev–Trinajstić information content (AvgIpc) is 2.42. The van der Waals surface area contributed by atoms with Gasteiger partial charge in [0, 0.05) is 6.42 Å². The molecule has 2 aromatic rings. The number of aliphatic hydroxyl groups excluding tert-OH is 1. The quantitative estimate of drug-likeness (QED) is 0.880. The van der Waals surface area contributed by atoms with Gasteiger partial charge in [0.1, 0.15) is 0 Å². The van der Waals surface area contributed by atoms with E-state index in [1.165, 1.54) is 6.07 Å². The van der Waals surface area contributed by atoms with E-state index in [4.69, 9.17) is 0 Å². The largest absolute Gasteiger partial charge is 0.388 e. The highest BCUT2D eigenvalue weighted by atomic mass is 19.2. The van der Waals surface area contributed by atoms with Crippen LogP contribution in [0.5, 0.6) is 0 Å². The third kappa shape index (κ3) is 3.67. The Kier molecular flexibility index (Phi) is 4.43. The van der Waals surface area contributed by atoms with E-state index in [0.29, 0.717) is 5.56 Å². The molecule has 0 saturated heterocycles. The van der Waals surface area contributed by atoms with Crippen LogP contribution < -0.4 is 0 Å². The van der Waals surface area contributed by atoms with Gasteiger partial charge in [0.25, 0.3) is 0 Å². The van der Waals surface area contributed by atoms with Crippen molar-refractivity contribution < 1.29 is 13.9 Å². The van der Waals surface area contributed by atoms with Crippen molar-refractivity contribution in [1.82, 2.24) is 0 Å². The van der Waals surface area contributed by atoms with Crippen LogP contribution in [0, 0.1) is 11.6 Å². The van der Waals surface area contributed by atoms with Gasteiger partial charge in [-0.25, -0.2) is 8.78 Å². The van der Waals surface area contributed by atoms with Gasteiger partial charge in [0.15, 0.2) is 11.6 Å². The minimum absolute atomic E-state index is 0.0916. The lowest BCUT2D eigenvalue weighted by Crippen LogP contribution is -2.17. The molecule has 3 heteroatoms. The normalized spacial score (nSPS) is 13.2. The fourth-order valence-electron chi connectivity index (χ4n) is 2.47. The third-order valence-electron chi connectivity index (χ3n) is 3.54. The van der Waals surface area contributed by atoms with E-state index in [1.54, 1.807) is 0 Å². The van der Waals surface area contributed by atoms with Crippen LogP contribution in [-0.4, -0.2) is 5.11 Å². The highest BCUT2D eigenvalue weighted by Gasteiger charge is 2.21. The molecule has 2 rings (SSSR count). The van der Waals surface area contributed by atoms with Gasteiger partial charge in [0.05, 0.1) is 6.10 Å². The second kappa shape index (κ2) is 5.94. The van der Waals surface area contributed by atoms with Crippen molar-refractivity contribution in [2.24, 2.45) is 0 Å². The van der Waals surface area contributed by atoms with Crippen molar-refractivity contribution in [1.29, 1.82) is 0 Å². The molecule has 0 aromatic heterocycles. The summed E-state index contributed by atoms with van der Waals surface area (Å²) in [7, 11) is 0. The Morgan fingerprint density at radius 3 is 2.29 bits per heavy atom. The first-order valence-electron chi connectivity index (χ1n) is 7.00. The van der Waals surface area contributed by atoms with Gasteiger partial charge >= 0.3 is 0 Å². The Morgan fingerprint density at radius 1 is 1.00 bits per heavy atom. The maximum Gasteiger partial charge on any atom is 0.159 e. The first-order chi connectivity index (χ1) is 9.79. The summed E-state index contributed by atoms with van der Waals surface area (Å²) >= 11 is 0. The fraction of sp³-hybridized carbons (Fsp3) is 0.333. The molecule has 0 spiro atoms. The minimum atomic E-state index is -0.885. The molecule has 0 aliphatic rings. The Labute approximate surface area is 124 Å². The molecule has 1 nitrogen and oxygen atoms in total. The van der Waals surface area contributed by atoms with Gasteiger partial charge < -0.3 is 5.11 Å². The summed E-state index contributed by atoms with van der Waals surface area (Å²) in [5, 5.41) is 10.5. The van der Waals surface area contributed by atoms with Crippen LogP contribution >= 0.6 is 0 Å². The predicted octanol–water partition coefficient (Wildman–Crippen LogP) is 4.54.